The number of benzene rings is 2. The van der Waals surface area contributed by atoms with E-state index in [4.69, 9.17) is 14.5 Å². The van der Waals surface area contributed by atoms with Gasteiger partial charge >= 0.3 is 5.97 Å². The number of Topliss-reactive ketones (excluding diaryl/α,β-unsaturated/α-hetero) is 1. The predicted octanol–water partition coefficient (Wildman–Crippen LogP) is 5.22. The molecule has 2 aromatic carbocycles. The van der Waals surface area contributed by atoms with Gasteiger partial charge in [0.05, 0.1) is 13.7 Å². The van der Waals surface area contributed by atoms with Gasteiger partial charge in [0.2, 0.25) is 0 Å². The van der Waals surface area contributed by atoms with Crippen molar-refractivity contribution in [1.82, 2.24) is 0 Å². The Hall–Kier alpha value is -3.21. The van der Waals surface area contributed by atoms with E-state index in [1.165, 1.54) is 0 Å². The molecule has 166 valence electrons. The number of hydrogen-bond acceptors (Lipinski definition) is 5. The van der Waals surface area contributed by atoms with Crippen molar-refractivity contribution in [3.63, 3.8) is 0 Å². The number of carbonyl (C=O) groups is 2. The molecule has 0 aromatic heterocycles. The van der Waals surface area contributed by atoms with E-state index in [9.17, 15) is 9.59 Å². The van der Waals surface area contributed by atoms with E-state index < -0.39 is 11.8 Å². The maximum atomic E-state index is 13.5. The van der Waals surface area contributed by atoms with Crippen molar-refractivity contribution in [3.8, 4) is 5.75 Å². The summed E-state index contributed by atoms with van der Waals surface area (Å²) >= 11 is 0. The number of hydrogen-bond donors (Lipinski definition) is 0. The molecule has 0 saturated heterocycles. The number of esters is 1. The Morgan fingerprint density at radius 2 is 1.81 bits per heavy atom. The molecule has 3 atom stereocenters. The van der Waals surface area contributed by atoms with Crippen LogP contribution in [-0.4, -0.2) is 31.2 Å². The minimum Gasteiger partial charge on any atom is -0.497 e. The summed E-state index contributed by atoms with van der Waals surface area (Å²) in [6.45, 7) is 4.18. The molecule has 0 N–H and O–H groups in total. The largest absolute Gasteiger partial charge is 0.497 e. The average Bonchev–Trinajstić information content (AvgIpc) is 2.82. The summed E-state index contributed by atoms with van der Waals surface area (Å²) < 4.78 is 11.0. The molecule has 32 heavy (non-hydrogen) atoms. The molecule has 2 aliphatic rings. The quantitative estimate of drug-likeness (QED) is 0.588. The molecule has 0 spiro atoms. The van der Waals surface area contributed by atoms with Crippen LogP contribution in [0.4, 0.5) is 0 Å². The Morgan fingerprint density at radius 3 is 2.53 bits per heavy atom. The minimum atomic E-state index is -0.621. The summed E-state index contributed by atoms with van der Waals surface area (Å²) in [7, 11) is 1.61. The van der Waals surface area contributed by atoms with Gasteiger partial charge in [0, 0.05) is 29.3 Å². The molecule has 0 saturated carbocycles. The second kappa shape index (κ2) is 9.51. The van der Waals surface area contributed by atoms with E-state index in [2.05, 4.69) is 12.1 Å². The Morgan fingerprint density at radius 1 is 1.06 bits per heavy atom. The molecule has 1 aliphatic heterocycles. The fourth-order valence-electron chi connectivity index (χ4n) is 4.81. The van der Waals surface area contributed by atoms with Gasteiger partial charge in [0.15, 0.2) is 5.78 Å². The van der Waals surface area contributed by atoms with E-state index in [0.29, 0.717) is 36.5 Å². The summed E-state index contributed by atoms with van der Waals surface area (Å²) in [6.07, 6.45) is 1.83. The molecule has 2 aromatic rings. The van der Waals surface area contributed by atoms with Crippen LogP contribution in [0, 0.1) is 5.92 Å². The third-order valence-electron chi connectivity index (χ3n) is 6.31. The monoisotopic (exact) mass is 431 g/mol. The van der Waals surface area contributed by atoms with E-state index >= 15 is 0 Å². The number of ether oxygens (including phenoxy) is 2. The van der Waals surface area contributed by atoms with E-state index in [0.717, 1.165) is 23.2 Å². The predicted molar refractivity (Wildman–Crippen MR) is 124 cm³/mol. The molecule has 0 fully saturated rings. The van der Waals surface area contributed by atoms with Crippen LogP contribution in [-0.2, 0) is 14.3 Å². The second-order valence-electron chi connectivity index (χ2n) is 8.45. The van der Waals surface area contributed by atoms with Gasteiger partial charge in [-0.05, 0) is 48.9 Å². The standard InChI is InChI=1S/C27H29NO4/c1-4-13-32-27(30)24-17(2)28-22-15-20(18-9-6-5-7-10-18)16-23(29)26(22)25(24)19-11-8-12-21(14-19)31-3/h5-12,14,20,24-25H,4,13,15-16H2,1-3H3/t20-,24?,25+/m1/s1. The van der Waals surface area contributed by atoms with Crippen LogP contribution in [0.25, 0.3) is 0 Å². The summed E-state index contributed by atoms with van der Waals surface area (Å²) in [4.78, 5) is 31.4. The van der Waals surface area contributed by atoms with Gasteiger partial charge in [-0.3, -0.25) is 14.6 Å². The first-order chi connectivity index (χ1) is 15.5. The van der Waals surface area contributed by atoms with Gasteiger partial charge in [0.1, 0.15) is 11.7 Å². The van der Waals surface area contributed by atoms with Crippen LogP contribution in [0.2, 0.25) is 0 Å². The lowest BCUT2D eigenvalue weighted by molar-refractivity contribution is -0.146. The molecule has 1 heterocycles. The second-order valence-corrected chi connectivity index (χ2v) is 8.45. The first kappa shape index (κ1) is 22.0. The van der Waals surface area contributed by atoms with E-state index in [1.54, 1.807) is 7.11 Å². The van der Waals surface area contributed by atoms with Crippen LogP contribution in [0.15, 0.2) is 70.9 Å². The molecule has 0 amide bonds. The van der Waals surface area contributed by atoms with Crippen LogP contribution in [0.3, 0.4) is 0 Å². The van der Waals surface area contributed by atoms with Crippen LogP contribution in [0.5, 0.6) is 5.75 Å². The molecule has 1 unspecified atom stereocenters. The van der Waals surface area contributed by atoms with Crippen molar-refractivity contribution in [2.75, 3.05) is 13.7 Å². The first-order valence-corrected chi connectivity index (χ1v) is 11.2. The lowest BCUT2D eigenvalue weighted by Gasteiger charge is -2.36. The number of methoxy groups -OCH3 is 1. The first-order valence-electron chi connectivity index (χ1n) is 11.2. The van der Waals surface area contributed by atoms with Crippen molar-refractivity contribution in [2.24, 2.45) is 10.9 Å². The zero-order valence-electron chi connectivity index (χ0n) is 18.8. The molecule has 1 aliphatic carbocycles. The molecule has 5 nitrogen and oxygen atoms in total. The maximum absolute atomic E-state index is 13.5. The highest BCUT2D eigenvalue weighted by Gasteiger charge is 2.44. The molecule has 5 heteroatoms. The number of ketones is 1. The minimum absolute atomic E-state index is 0.0532. The zero-order valence-corrected chi connectivity index (χ0v) is 18.8. The SMILES string of the molecule is CCCOC(=O)C1C(C)=NC2=C(C(=O)C[C@H](c3ccccc3)C2)[C@H]1c1cccc(OC)c1. The van der Waals surface area contributed by atoms with E-state index in [1.807, 2.05) is 56.3 Å². The van der Waals surface area contributed by atoms with Crippen molar-refractivity contribution >= 4 is 17.5 Å². The number of carbonyl (C=O) groups excluding carboxylic acids is 2. The van der Waals surface area contributed by atoms with Crippen molar-refractivity contribution in [2.45, 2.75) is 44.9 Å². The van der Waals surface area contributed by atoms with Gasteiger partial charge in [-0.25, -0.2) is 0 Å². The lowest BCUT2D eigenvalue weighted by atomic mass is 9.69. The molecular weight excluding hydrogens is 402 g/mol. The molecular formula is C27H29NO4. The number of rotatable bonds is 6. The van der Waals surface area contributed by atoms with Gasteiger partial charge in [-0.1, -0.05) is 49.4 Å². The van der Waals surface area contributed by atoms with Crippen LogP contribution < -0.4 is 4.74 Å². The van der Waals surface area contributed by atoms with Gasteiger partial charge in [0.25, 0.3) is 0 Å². The highest BCUT2D eigenvalue weighted by atomic mass is 16.5. The third kappa shape index (κ3) is 4.24. The number of nitrogens with zero attached hydrogens (tertiary/aromatic N) is 1. The Labute approximate surface area is 189 Å². The normalized spacial score (nSPS) is 22.8. The van der Waals surface area contributed by atoms with Crippen LogP contribution in [0.1, 0.15) is 56.1 Å². The van der Waals surface area contributed by atoms with Crippen molar-refractivity contribution in [1.29, 1.82) is 0 Å². The van der Waals surface area contributed by atoms with Crippen LogP contribution >= 0.6 is 0 Å². The smallest absolute Gasteiger partial charge is 0.315 e. The Kier molecular flexibility index (Phi) is 6.54. The number of aliphatic imine (C=N–C) groups is 1. The van der Waals surface area contributed by atoms with Crippen molar-refractivity contribution in [3.05, 3.63) is 77.0 Å². The molecule has 4 rings (SSSR count). The van der Waals surface area contributed by atoms with Gasteiger partial charge < -0.3 is 9.47 Å². The average molecular weight is 432 g/mol. The summed E-state index contributed by atoms with van der Waals surface area (Å²) in [5.41, 5.74) is 4.15. The van der Waals surface area contributed by atoms with E-state index in [-0.39, 0.29) is 17.7 Å². The molecule has 0 bridgehead atoms. The lowest BCUT2D eigenvalue weighted by Crippen LogP contribution is -2.38. The summed E-state index contributed by atoms with van der Waals surface area (Å²) in [5, 5.41) is 0. The highest BCUT2D eigenvalue weighted by Crippen LogP contribution is 2.47. The van der Waals surface area contributed by atoms with Gasteiger partial charge in [-0.2, -0.15) is 0 Å². The van der Waals surface area contributed by atoms with Crippen molar-refractivity contribution < 1.29 is 19.1 Å². The van der Waals surface area contributed by atoms with Gasteiger partial charge in [-0.15, -0.1) is 0 Å². The zero-order chi connectivity index (χ0) is 22.7. The Bertz CT molecular complexity index is 1070. The third-order valence-corrected chi connectivity index (χ3v) is 6.31. The fraction of sp³-hybridized carbons (Fsp3) is 0.370. The number of allylic oxidation sites excluding steroid dienone is 2. The maximum Gasteiger partial charge on any atom is 0.315 e. The fourth-order valence-corrected chi connectivity index (χ4v) is 4.81. The summed E-state index contributed by atoms with van der Waals surface area (Å²) in [5.74, 6) is -0.539. The topological polar surface area (TPSA) is 65.0 Å². The summed E-state index contributed by atoms with van der Waals surface area (Å²) in [6, 6.07) is 17.7. The highest BCUT2D eigenvalue weighted by molar-refractivity contribution is 6.09. The Balaban J connectivity index is 1.79. The molecule has 0 radical (unpaired) electrons.